The third-order valence-electron chi connectivity index (χ3n) is 4.81. The Kier molecular flexibility index (Phi) is 5.71. The summed E-state index contributed by atoms with van der Waals surface area (Å²) in [4.78, 5) is 14.3. The summed E-state index contributed by atoms with van der Waals surface area (Å²) in [6, 6.07) is 18.1. The van der Waals surface area contributed by atoms with Crippen LogP contribution in [0.2, 0.25) is 0 Å². The van der Waals surface area contributed by atoms with Gasteiger partial charge >= 0.3 is 0 Å². The molecule has 3 rings (SSSR count). The Morgan fingerprint density at radius 2 is 1.76 bits per heavy atom. The molecular weight excluding hydrogens is 314 g/mol. The summed E-state index contributed by atoms with van der Waals surface area (Å²) < 4.78 is 11.3. The van der Waals surface area contributed by atoms with E-state index >= 15 is 0 Å². The van der Waals surface area contributed by atoms with Crippen molar-refractivity contribution in [2.75, 3.05) is 7.11 Å². The van der Waals surface area contributed by atoms with E-state index in [1.165, 1.54) is 0 Å². The summed E-state index contributed by atoms with van der Waals surface area (Å²) in [6.07, 6.45) is 1.39. The van der Waals surface area contributed by atoms with E-state index in [1.807, 2.05) is 47.4 Å². The Bertz CT molecular complexity index is 684. The first-order valence-electron chi connectivity index (χ1n) is 8.75. The van der Waals surface area contributed by atoms with Crippen LogP contribution < -0.4 is 4.74 Å². The molecule has 0 unspecified atom stereocenters. The number of hydrogen-bond donors (Lipinski definition) is 0. The van der Waals surface area contributed by atoms with Crippen molar-refractivity contribution in [1.29, 1.82) is 0 Å². The molecule has 0 N–H and O–H groups in total. The highest BCUT2D eigenvalue weighted by molar-refractivity contribution is 5.77. The van der Waals surface area contributed by atoms with Crippen LogP contribution in [0.4, 0.5) is 0 Å². The summed E-state index contributed by atoms with van der Waals surface area (Å²) >= 11 is 0. The van der Waals surface area contributed by atoms with Gasteiger partial charge in [0.05, 0.1) is 25.9 Å². The Labute approximate surface area is 149 Å². The highest BCUT2D eigenvalue weighted by atomic mass is 16.5. The molecule has 0 bridgehead atoms. The van der Waals surface area contributed by atoms with Crippen LogP contribution in [0.25, 0.3) is 0 Å². The van der Waals surface area contributed by atoms with Crippen LogP contribution in [-0.4, -0.2) is 30.1 Å². The average molecular weight is 339 g/mol. The van der Waals surface area contributed by atoms with Gasteiger partial charge < -0.3 is 14.4 Å². The number of piperidine rings is 1. The average Bonchev–Trinajstić information content (AvgIpc) is 2.66. The van der Waals surface area contributed by atoms with E-state index in [-0.39, 0.29) is 18.1 Å². The van der Waals surface area contributed by atoms with E-state index in [0.717, 1.165) is 23.3 Å². The van der Waals surface area contributed by atoms with Crippen molar-refractivity contribution < 1.29 is 14.3 Å². The first kappa shape index (κ1) is 17.5. The van der Waals surface area contributed by atoms with Crippen LogP contribution >= 0.6 is 0 Å². The zero-order valence-corrected chi connectivity index (χ0v) is 14.9. The fourth-order valence-electron chi connectivity index (χ4n) is 3.24. The van der Waals surface area contributed by atoms with Crippen LogP contribution in [0.1, 0.15) is 30.9 Å². The molecule has 1 aliphatic heterocycles. The summed E-state index contributed by atoms with van der Waals surface area (Å²) in [5, 5.41) is 0. The highest BCUT2D eigenvalue weighted by Gasteiger charge is 2.33. The first-order chi connectivity index (χ1) is 12.2. The molecule has 0 radical (unpaired) electrons. The van der Waals surface area contributed by atoms with Crippen molar-refractivity contribution in [3.8, 4) is 5.75 Å². The van der Waals surface area contributed by atoms with Gasteiger partial charge in [-0.3, -0.25) is 4.79 Å². The molecule has 132 valence electrons. The fourth-order valence-corrected chi connectivity index (χ4v) is 3.24. The van der Waals surface area contributed by atoms with E-state index in [2.05, 4.69) is 19.1 Å². The smallest absolute Gasteiger partial charge is 0.223 e. The number of amides is 1. The second kappa shape index (κ2) is 8.17. The van der Waals surface area contributed by atoms with E-state index in [9.17, 15) is 4.79 Å². The van der Waals surface area contributed by atoms with Crippen molar-refractivity contribution in [1.82, 2.24) is 4.90 Å². The Morgan fingerprint density at radius 1 is 1.04 bits per heavy atom. The van der Waals surface area contributed by atoms with Gasteiger partial charge in [0.2, 0.25) is 5.91 Å². The minimum atomic E-state index is 0.0621. The third kappa shape index (κ3) is 4.40. The van der Waals surface area contributed by atoms with Gasteiger partial charge in [-0.15, -0.1) is 0 Å². The summed E-state index contributed by atoms with van der Waals surface area (Å²) in [5.74, 6) is 1.02. The minimum absolute atomic E-state index is 0.0621. The molecule has 0 saturated carbocycles. The molecule has 4 heteroatoms. The number of likely N-dealkylation sites (tertiary alicyclic amines) is 1. The second-order valence-corrected chi connectivity index (χ2v) is 6.48. The number of ether oxygens (including phenoxy) is 2. The molecule has 25 heavy (non-hydrogen) atoms. The summed E-state index contributed by atoms with van der Waals surface area (Å²) in [6.45, 7) is 3.27. The molecule has 2 atom stereocenters. The number of hydrogen-bond acceptors (Lipinski definition) is 3. The van der Waals surface area contributed by atoms with Gasteiger partial charge in [-0.1, -0.05) is 42.5 Å². The Hall–Kier alpha value is -2.33. The van der Waals surface area contributed by atoms with Gasteiger partial charge in [0.1, 0.15) is 5.75 Å². The number of benzene rings is 2. The van der Waals surface area contributed by atoms with Gasteiger partial charge in [0, 0.05) is 13.0 Å². The van der Waals surface area contributed by atoms with E-state index < -0.39 is 0 Å². The van der Waals surface area contributed by atoms with Crippen LogP contribution in [0, 0.1) is 0 Å². The first-order valence-corrected chi connectivity index (χ1v) is 8.75. The van der Waals surface area contributed by atoms with Crippen molar-refractivity contribution in [2.45, 2.75) is 45.1 Å². The molecule has 0 aromatic heterocycles. The van der Waals surface area contributed by atoms with Crippen molar-refractivity contribution >= 4 is 5.91 Å². The normalized spacial score (nSPS) is 20.6. The largest absolute Gasteiger partial charge is 0.497 e. The van der Waals surface area contributed by atoms with Crippen molar-refractivity contribution in [3.63, 3.8) is 0 Å². The number of methoxy groups -OCH3 is 1. The lowest BCUT2D eigenvalue weighted by Crippen LogP contribution is -2.49. The highest BCUT2D eigenvalue weighted by Crippen LogP contribution is 2.25. The molecule has 4 nitrogen and oxygen atoms in total. The molecule has 1 heterocycles. The molecule has 1 aliphatic rings. The van der Waals surface area contributed by atoms with Crippen LogP contribution in [0.15, 0.2) is 54.6 Å². The van der Waals surface area contributed by atoms with Crippen molar-refractivity contribution in [3.05, 3.63) is 65.7 Å². The van der Waals surface area contributed by atoms with Gasteiger partial charge in [0.15, 0.2) is 0 Å². The molecular formula is C21H25NO3. The number of carbonyl (C=O) groups is 1. The SMILES string of the molecule is COc1ccc(CN2C(=O)CC[C@H](OCc3ccccc3)[C@@H]2C)cc1. The third-order valence-corrected chi connectivity index (χ3v) is 4.81. The van der Waals surface area contributed by atoms with Gasteiger partial charge in [-0.2, -0.15) is 0 Å². The minimum Gasteiger partial charge on any atom is -0.497 e. The molecule has 2 aromatic carbocycles. The lowest BCUT2D eigenvalue weighted by Gasteiger charge is -2.39. The lowest BCUT2D eigenvalue weighted by molar-refractivity contribution is -0.145. The lowest BCUT2D eigenvalue weighted by atomic mass is 9.98. The zero-order valence-electron chi connectivity index (χ0n) is 14.9. The standard InChI is InChI=1S/C21H25NO3/c1-16-20(25-15-18-6-4-3-5-7-18)12-13-21(23)22(16)14-17-8-10-19(24-2)11-9-17/h3-11,16,20H,12-15H2,1-2H3/t16-,20-/m0/s1. The quantitative estimate of drug-likeness (QED) is 0.804. The number of nitrogens with zero attached hydrogens (tertiary/aromatic N) is 1. The van der Waals surface area contributed by atoms with Gasteiger partial charge in [-0.25, -0.2) is 0 Å². The van der Waals surface area contributed by atoms with E-state index in [0.29, 0.717) is 19.6 Å². The topological polar surface area (TPSA) is 38.8 Å². The molecule has 2 aromatic rings. The molecule has 0 aliphatic carbocycles. The van der Waals surface area contributed by atoms with Gasteiger partial charge in [-0.05, 0) is 36.6 Å². The maximum absolute atomic E-state index is 12.4. The van der Waals surface area contributed by atoms with Gasteiger partial charge in [0.25, 0.3) is 0 Å². The predicted molar refractivity (Wildman–Crippen MR) is 97.3 cm³/mol. The maximum atomic E-state index is 12.4. The Morgan fingerprint density at radius 3 is 2.44 bits per heavy atom. The predicted octanol–water partition coefficient (Wildman–Crippen LogP) is 3.79. The number of rotatable bonds is 6. The molecule has 1 saturated heterocycles. The van der Waals surface area contributed by atoms with E-state index in [4.69, 9.17) is 9.47 Å². The van der Waals surface area contributed by atoms with Crippen LogP contribution in [0.3, 0.4) is 0 Å². The van der Waals surface area contributed by atoms with Crippen LogP contribution in [-0.2, 0) is 22.7 Å². The summed E-state index contributed by atoms with van der Waals surface area (Å²) in [5.41, 5.74) is 2.26. The number of carbonyl (C=O) groups excluding carboxylic acids is 1. The molecule has 1 fully saturated rings. The Balaban J connectivity index is 1.62. The maximum Gasteiger partial charge on any atom is 0.223 e. The summed E-state index contributed by atoms with van der Waals surface area (Å²) in [7, 11) is 1.65. The van der Waals surface area contributed by atoms with Crippen LogP contribution in [0.5, 0.6) is 5.75 Å². The van der Waals surface area contributed by atoms with Crippen molar-refractivity contribution in [2.24, 2.45) is 0 Å². The molecule has 0 spiro atoms. The second-order valence-electron chi connectivity index (χ2n) is 6.48. The zero-order chi connectivity index (χ0) is 17.6. The fraction of sp³-hybridized carbons (Fsp3) is 0.381. The monoisotopic (exact) mass is 339 g/mol. The van der Waals surface area contributed by atoms with E-state index in [1.54, 1.807) is 7.11 Å². The molecule has 1 amide bonds.